The molecule has 134 valence electrons. The average Bonchev–Trinajstić information content (AvgIpc) is 2.62. The van der Waals surface area contributed by atoms with Crippen molar-refractivity contribution in [3.05, 3.63) is 61.6 Å². The maximum absolute atomic E-state index is 5.63. The van der Waals surface area contributed by atoms with E-state index in [0.29, 0.717) is 32.3 Å². The van der Waals surface area contributed by atoms with Crippen molar-refractivity contribution in [2.75, 3.05) is 39.6 Å². The molecule has 4 heteroatoms. The highest BCUT2D eigenvalue weighted by atomic mass is 16.5. The van der Waals surface area contributed by atoms with E-state index < -0.39 is 0 Å². The van der Waals surface area contributed by atoms with Crippen LogP contribution in [0.15, 0.2) is 56.0 Å². The first-order valence-corrected chi connectivity index (χ1v) is 8.54. The summed E-state index contributed by atoms with van der Waals surface area (Å²) in [4.78, 5) is 0. The van der Waals surface area contributed by atoms with Gasteiger partial charge in [0.05, 0.1) is 25.7 Å². The molecule has 1 unspecified atom stereocenters. The summed E-state index contributed by atoms with van der Waals surface area (Å²) in [5.74, 6) is 0.486. The summed E-state index contributed by atoms with van der Waals surface area (Å²) in [5, 5.41) is 0. The van der Waals surface area contributed by atoms with Gasteiger partial charge in [-0.25, -0.2) is 0 Å². The molecule has 0 aliphatic carbocycles. The minimum atomic E-state index is 0.486. The summed E-state index contributed by atoms with van der Waals surface area (Å²) < 4.78 is 21.3. The Balaban J connectivity index is 2.26. The normalized spacial score (nSPS) is 11.7. The van der Waals surface area contributed by atoms with Crippen molar-refractivity contribution >= 4 is 0 Å². The van der Waals surface area contributed by atoms with Gasteiger partial charge in [-0.15, -0.1) is 0 Å². The summed E-state index contributed by atoms with van der Waals surface area (Å²) in [6.45, 7) is 10.8. The lowest BCUT2D eigenvalue weighted by Gasteiger charge is -2.17. The molecule has 0 heterocycles. The van der Waals surface area contributed by atoms with Crippen LogP contribution in [-0.4, -0.2) is 39.6 Å². The molecule has 0 saturated carbocycles. The Morgan fingerprint density at radius 1 is 0.750 bits per heavy atom. The lowest BCUT2D eigenvalue weighted by atomic mass is 9.91. The standard InChI is InChI=1S/C20H30O4/c1-3-21-15-17-23-13-8-11-20(19-9-6-5-7-10-19)12-14-24-18-16-22-4-2/h3-7,9-10,20H,1-2,8,11-18H2. The summed E-state index contributed by atoms with van der Waals surface area (Å²) >= 11 is 0. The van der Waals surface area contributed by atoms with Crippen LogP contribution in [0.25, 0.3) is 0 Å². The molecule has 0 radical (unpaired) electrons. The van der Waals surface area contributed by atoms with Gasteiger partial charge in [-0.1, -0.05) is 43.5 Å². The van der Waals surface area contributed by atoms with Crippen LogP contribution in [0.5, 0.6) is 0 Å². The van der Waals surface area contributed by atoms with Crippen molar-refractivity contribution < 1.29 is 18.9 Å². The Morgan fingerprint density at radius 3 is 2.00 bits per heavy atom. The van der Waals surface area contributed by atoms with Gasteiger partial charge in [-0.2, -0.15) is 0 Å². The average molecular weight is 334 g/mol. The number of rotatable bonds is 16. The number of hydrogen-bond donors (Lipinski definition) is 0. The molecule has 1 aromatic rings. The maximum atomic E-state index is 5.63. The van der Waals surface area contributed by atoms with Crippen LogP contribution in [0.1, 0.15) is 30.7 Å². The molecule has 0 saturated heterocycles. The van der Waals surface area contributed by atoms with Crippen LogP contribution in [0.3, 0.4) is 0 Å². The van der Waals surface area contributed by atoms with Gasteiger partial charge in [0.25, 0.3) is 0 Å². The predicted molar refractivity (Wildman–Crippen MR) is 97.0 cm³/mol. The van der Waals surface area contributed by atoms with Crippen LogP contribution in [0, 0.1) is 0 Å². The molecular formula is C20H30O4. The van der Waals surface area contributed by atoms with E-state index in [1.54, 1.807) is 0 Å². The Morgan fingerprint density at radius 2 is 1.38 bits per heavy atom. The zero-order valence-electron chi connectivity index (χ0n) is 14.5. The third-order valence-electron chi connectivity index (χ3n) is 3.65. The molecule has 0 N–H and O–H groups in total. The molecule has 0 fully saturated rings. The first-order valence-electron chi connectivity index (χ1n) is 8.54. The summed E-state index contributed by atoms with van der Waals surface area (Å²) in [7, 11) is 0. The highest BCUT2D eigenvalue weighted by molar-refractivity contribution is 5.19. The SMILES string of the molecule is C=COCCOCCCC(CCOCCOC=C)c1ccccc1. The molecule has 0 spiro atoms. The van der Waals surface area contributed by atoms with E-state index in [1.807, 2.05) is 6.07 Å². The van der Waals surface area contributed by atoms with Crippen LogP contribution < -0.4 is 0 Å². The predicted octanol–water partition coefficient (Wildman–Crippen LogP) is 4.29. The maximum Gasteiger partial charge on any atom is 0.111 e. The zero-order chi connectivity index (χ0) is 17.3. The van der Waals surface area contributed by atoms with E-state index in [0.717, 1.165) is 32.5 Å². The molecule has 1 atom stereocenters. The minimum Gasteiger partial charge on any atom is -0.499 e. The second kappa shape index (κ2) is 14.8. The highest BCUT2D eigenvalue weighted by Crippen LogP contribution is 2.24. The molecule has 0 amide bonds. The molecule has 4 nitrogen and oxygen atoms in total. The molecule has 1 aromatic carbocycles. The van der Waals surface area contributed by atoms with Gasteiger partial charge in [-0.3, -0.25) is 0 Å². The fraction of sp³-hybridized carbons (Fsp3) is 0.500. The molecule has 1 rings (SSSR count). The van der Waals surface area contributed by atoms with Crippen LogP contribution in [0.2, 0.25) is 0 Å². The van der Waals surface area contributed by atoms with E-state index >= 15 is 0 Å². The zero-order valence-corrected chi connectivity index (χ0v) is 14.5. The first-order chi connectivity index (χ1) is 11.9. The molecule has 0 aliphatic rings. The molecule has 0 bridgehead atoms. The molecular weight excluding hydrogens is 304 g/mol. The van der Waals surface area contributed by atoms with Crippen molar-refractivity contribution in [1.29, 1.82) is 0 Å². The second-order valence-electron chi connectivity index (χ2n) is 5.34. The van der Waals surface area contributed by atoms with Crippen molar-refractivity contribution in [3.63, 3.8) is 0 Å². The summed E-state index contributed by atoms with van der Waals surface area (Å²) in [6, 6.07) is 10.6. The van der Waals surface area contributed by atoms with Gasteiger partial charge in [0, 0.05) is 13.2 Å². The third-order valence-corrected chi connectivity index (χ3v) is 3.65. The third kappa shape index (κ3) is 10.1. The largest absolute Gasteiger partial charge is 0.499 e. The lowest BCUT2D eigenvalue weighted by molar-refractivity contribution is 0.0745. The van der Waals surface area contributed by atoms with Gasteiger partial charge >= 0.3 is 0 Å². The first kappa shape index (κ1) is 20.3. The Labute approximate surface area is 146 Å². The Kier molecular flexibility index (Phi) is 12.5. The molecule has 0 aliphatic heterocycles. The fourth-order valence-corrected chi connectivity index (χ4v) is 2.45. The second-order valence-corrected chi connectivity index (χ2v) is 5.34. The lowest BCUT2D eigenvalue weighted by Crippen LogP contribution is -2.09. The van der Waals surface area contributed by atoms with E-state index in [9.17, 15) is 0 Å². The van der Waals surface area contributed by atoms with Gasteiger partial charge < -0.3 is 18.9 Å². The fourth-order valence-electron chi connectivity index (χ4n) is 2.45. The monoisotopic (exact) mass is 334 g/mol. The van der Waals surface area contributed by atoms with E-state index in [1.165, 1.54) is 18.1 Å². The summed E-state index contributed by atoms with van der Waals surface area (Å²) in [6.07, 6.45) is 5.98. The highest BCUT2D eigenvalue weighted by Gasteiger charge is 2.11. The van der Waals surface area contributed by atoms with Crippen LogP contribution in [0.4, 0.5) is 0 Å². The molecule has 24 heavy (non-hydrogen) atoms. The minimum absolute atomic E-state index is 0.486. The Hall–Kier alpha value is -1.78. The van der Waals surface area contributed by atoms with E-state index in [4.69, 9.17) is 18.9 Å². The smallest absolute Gasteiger partial charge is 0.111 e. The molecule has 0 aromatic heterocycles. The van der Waals surface area contributed by atoms with Crippen LogP contribution >= 0.6 is 0 Å². The van der Waals surface area contributed by atoms with Crippen molar-refractivity contribution in [2.24, 2.45) is 0 Å². The quantitative estimate of drug-likeness (QED) is 0.334. The topological polar surface area (TPSA) is 36.9 Å². The van der Waals surface area contributed by atoms with Crippen molar-refractivity contribution in [2.45, 2.75) is 25.2 Å². The van der Waals surface area contributed by atoms with Gasteiger partial charge in [0.15, 0.2) is 0 Å². The van der Waals surface area contributed by atoms with Crippen molar-refractivity contribution in [3.8, 4) is 0 Å². The van der Waals surface area contributed by atoms with Gasteiger partial charge in [0.1, 0.15) is 13.2 Å². The van der Waals surface area contributed by atoms with Crippen molar-refractivity contribution in [1.82, 2.24) is 0 Å². The number of ether oxygens (including phenoxy) is 4. The van der Waals surface area contributed by atoms with E-state index in [-0.39, 0.29) is 0 Å². The van der Waals surface area contributed by atoms with E-state index in [2.05, 4.69) is 37.4 Å². The Bertz CT molecular complexity index is 419. The van der Waals surface area contributed by atoms with Gasteiger partial charge in [-0.05, 0) is 30.7 Å². The number of benzene rings is 1. The van der Waals surface area contributed by atoms with Gasteiger partial charge in [0.2, 0.25) is 0 Å². The summed E-state index contributed by atoms with van der Waals surface area (Å²) in [5.41, 5.74) is 1.36. The van der Waals surface area contributed by atoms with Crippen LogP contribution in [-0.2, 0) is 18.9 Å². The number of hydrogen-bond acceptors (Lipinski definition) is 4.